The highest BCUT2D eigenvalue weighted by Gasteiger charge is 2.20. The second-order valence-corrected chi connectivity index (χ2v) is 8.39. The van der Waals surface area contributed by atoms with E-state index in [4.69, 9.17) is 15.5 Å². The summed E-state index contributed by atoms with van der Waals surface area (Å²) in [6.07, 6.45) is 1.37. The van der Waals surface area contributed by atoms with Gasteiger partial charge in [0.1, 0.15) is 0 Å². The van der Waals surface area contributed by atoms with Crippen LogP contribution in [0.25, 0.3) is 0 Å². The molecule has 3 heteroatoms. The van der Waals surface area contributed by atoms with Crippen LogP contribution in [0.15, 0.2) is 0 Å². The Morgan fingerprint density at radius 2 is 2.00 bits per heavy atom. The van der Waals surface area contributed by atoms with E-state index in [1.807, 2.05) is 13.1 Å². The predicted molar refractivity (Wildman–Crippen MR) is 44.2 cm³/mol. The van der Waals surface area contributed by atoms with Crippen LogP contribution in [0.2, 0.25) is 13.1 Å². The zero-order chi connectivity index (χ0) is 7.49. The molecule has 0 aromatic carbocycles. The van der Waals surface area contributed by atoms with Gasteiger partial charge in [-0.2, -0.15) is 0 Å². The molecule has 0 aromatic rings. The molecule has 0 amide bonds. The molecule has 0 aliphatic carbocycles. The molecule has 0 rings (SSSR count). The van der Waals surface area contributed by atoms with E-state index in [0.29, 0.717) is 6.10 Å². The minimum atomic E-state index is -1.77. The van der Waals surface area contributed by atoms with Crippen molar-refractivity contribution in [1.82, 2.24) is 0 Å². The number of hydrogen-bond acceptors (Lipinski definition) is 1. The van der Waals surface area contributed by atoms with Crippen molar-refractivity contribution in [3.05, 3.63) is 0 Å². The second kappa shape index (κ2) is 3.59. The molecular weight excluding hydrogens is 152 g/mol. The van der Waals surface area contributed by atoms with Gasteiger partial charge in [0.05, 0.1) is 0 Å². The third-order valence-electron chi connectivity index (χ3n) is 1.06. The third kappa shape index (κ3) is 6.35. The van der Waals surface area contributed by atoms with Crippen LogP contribution in [0.3, 0.4) is 0 Å². The molecule has 0 aliphatic rings. The summed E-state index contributed by atoms with van der Waals surface area (Å²) in [6, 6.07) is 0. The summed E-state index contributed by atoms with van der Waals surface area (Å²) in [5.74, 6) is 0. The lowest BCUT2D eigenvalue weighted by Crippen LogP contribution is -2.27. The Kier molecular flexibility index (Phi) is 3.78. The van der Waals surface area contributed by atoms with Crippen molar-refractivity contribution in [3.8, 4) is 0 Å². The molecule has 0 saturated carbocycles. The average Bonchev–Trinajstić information content (AvgIpc) is 1.62. The maximum atomic E-state index is 5.92. The van der Waals surface area contributed by atoms with Gasteiger partial charge in [-0.1, -0.05) is 6.92 Å². The van der Waals surface area contributed by atoms with Crippen molar-refractivity contribution in [3.63, 3.8) is 0 Å². The van der Waals surface area contributed by atoms with Crippen LogP contribution in [0, 0.1) is 0 Å². The summed E-state index contributed by atoms with van der Waals surface area (Å²) in [5, 5.41) is 0. The molecule has 0 spiro atoms. The van der Waals surface area contributed by atoms with Gasteiger partial charge in [-0.15, -0.1) is 11.1 Å². The average molecular weight is 167 g/mol. The van der Waals surface area contributed by atoms with E-state index < -0.39 is 7.63 Å². The van der Waals surface area contributed by atoms with Crippen LogP contribution >= 0.6 is 11.1 Å². The van der Waals surface area contributed by atoms with Gasteiger partial charge in [0.25, 0.3) is 7.63 Å². The molecular formula is C6H15ClOSi. The highest BCUT2D eigenvalue weighted by molar-refractivity contribution is 7.15. The first-order chi connectivity index (χ1) is 3.95. The Balaban J connectivity index is 3.47. The Morgan fingerprint density at radius 1 is 1.56 bits per heavy atom. The smallest absolute Gasteiger partial charge is 0.284 e. The lowest BCUT2D eigenvalue weighted by atomic mass is 10.3. The minimum absolute atomic E-state index is 0.323. The molecule has 0 fully saturated rings. The van der Waals surface area contributed by atoms with Gasteiger partial charge in [-0.05, 0) is 26.4 Å². The fourth-order valence-corrected chi connectivity index (χ4v) is 2.14. The molecule has 1 nitrogen and oxygen atoms in total. The number of halogens is 1. The molecule has 9 heavy (non-hydrogen) atoms. The lowest BCUT2D eigenvalue weighted by molar-refractivity contribution is 0.216. The van der Waals surface area contributed by atoms with Crippen LogP contribution in [0.1, 0.15) is 20.3 Å². The zero-order valence-electron chi connectivity index (χ0n) is 6.57. The lowest BCUT2D eigenvalue weighted by Gasteiger charge is -2.19. The van der Waals surface area contributed by atoms with Crippen molar-refractivity contribution >= 4 is 18.7 Å². The topological polar surface area (TPSA) is 9.23 Å². The Bertz CT molecular complexity index is 79.6. The summed E-state index contributed by atoms with van der Waals surface area (Å²) in [6.45, 7) is 8.13. The largest absolute Gasteiger partial charge is 0.401 e. The molecule has 0 saturated heterocycles. The first-order valence-corrected chi connectivity index (χ1v) is 7.24. The van der Waals surface area contributed by atoms with Gasteiger partial charge >= 0.3 is 0 Å². The molecule has 0 radical (unpaired) electrons. The van der Waals surface area contributed by atoms with Crippen molar-refractivity contribution in [2.24, 2.45) is 0 Å². The number of rotatable bonds is 3. The summed E-state index contributed by atoms with van der Waals surface area (Å²) >= 11 is 5.92. The van der Waals surface area contributed by atoms with E-state index in [9.17, 15) is 0 Å². The highest BCUT2D eigenvalue weighted by atomic mass is 35.6. The molecule has 0 aliphatic heterocycles. The minimum Gasteiger partial charge on any atom is -0.401 e. The third-order valence-corrected chi connectivity index (χ3v) is 2.29. The molecule has 0 N–H and O–H groups in total. The van der Waals surface area contributed by atoms with E-state index in [-0.39, 0.29) is 0 Å². The second-order valence-electron chi connectivity index (χ2n) is 2.70. The zero-order valence-corrected chi connectivity index (χ0v) is 8.33. The van der Waals surface area contributed by atoms with E-state index in [1.54, 1.807) is 0 Å². The SMILES string of the molecule is CCC(C)O[Si](C)(C)Cl. The Morgan fingerprint density at radius 3 is 2.11 bits per heavy atom. The summed E-state index contributed by atoms with van der Waals surface area (Å²) < 4.78 is 5.49. The van der Waals surface area contributed by atoms with E-state index in [2.05, 4.69) is 13.8 Å². The van der Waals surface area contributed by atoms with Crippen LogP contribution in [-0.4, -0.2) is 13.7 Å². The van der Waals surface area contributed by atoms with Crippen LogP contribution < -0.4 is 0 Å². The maximum Gasteiger partial charge on any atom is 0.284 e. The summed E-state index contributed by atoms with van der Waals surface area (Å²) in [4.78, 5) is 0. The fourth-order valence-electron chi connectivity index (χ4n) is 0.562. The summed E-state index contributed by atoms with van der Waals surface area (Å²) in [7, 11) is -1.77. The van der Waals surface area contributed by atoms with Crippen molar-refractivity contribution < 1.29 is 4.43 Å². The van der Waals surface area contributed by atoms with Gasteiger partial charge < -0.3 is 4.43 Å². The molecule has 0 aromatic heterocycles. The Hall–Kier alpha value is 0.467. The fraction of sp³-hybridized carbons (Fsp3) is 1.00. The standard InChI is InChI=1S/C6H15ClOSi/c1-5-6(2)8-9(3,4)7/h6H,5H2,1-4H3. The first-order valence-electron chi connectivity index (χ1n) is 3.32. The van der Waals surface area contributed by atoms with E-state index in [0.717, 1.165) is 6.42 Å². The van der Waals surface area contributed by atoms with E-state index >= 15 is 0 Å². The number of hydrogen-bond donors (Lipinski definition) is 0. The first kappa shape index (κ1) is 9.47. The van der Waals surface area contributed by atoms with Crippen molar-refractivity contribution in [1.29, 1.82) is 0 Å². The molecule has 1 unspecified atom stereocenters. The maximum absolute atomic E-state index is 5.92. The van der Waals surface area contributed by atoms with Crippen LogP contribution in [0.5, 0.6) is 0 Å². The monoisotopic (exact) mass is 166 g/mol. The van der Waals surface area contributed by atoms with Gasteiger partial charge in [-0.25, -0.2) is 0 Å². The van der Waals surface area contributed by atoms with Crippen molar-refractivity contribution in [2.45, 2.75) is 39.5 Å². The van der Waals surface area contributed by atoms with Crippen LogP contribution in [-0.2, 0) is 4.43 Å². The quantitative estimate of drug-likeness (QED) is 0.463. The summed E-state index contributed by atoms with van der Waals surface area (Å²) in [5.41, 5.74) is 0. The molecule has 0 bridgehead atoms. The van der Waals surface area contributed by atoms with E-state index in [1.165, 1.54) is 0 Å². The van der Waals surface area contributed by atoms with Crippen molar-refractivity contribution in [2.75, 3.05) is 0 Å². The molecule has 56 valence electrons. The predicted octanol–water partition coefficient (Wildman–Crippen LogP) is 2.74. The normalized spacial score (nSPS) is 15.7. The highest BCUT2D eigenvalue weighted by Crippen LogP contribution is 2.13. The van der Waals surface area contributed by atoms with Crippen LogP contribution in [0.4, 0.5) is 0 Å². The van der Waals surface area contributed by atoms with Gasteiger partial charge in [0.2, 0.25) is 0 Å². The Labute approximate surface area is 63.2 Å². The van der Waals surface area contributed by atoms with Gasteiger partial charge in [0, 0.05) is 6.10 Å². The van der Waals surface area contributed by atoms with Gasteiger partial charge in [0.15, 0.2) is 0 Å². The van der Waals surface area contributed by atoms with Gasteiger partial charge in [-0.3, -0.25) is 0 Å². The molecule has 1 atom stereocenters. The molecule has 0 heterocycles.